The molecule has 0 aliphatic heterocycles. The SMILES string of the molecule is COc1ccc(-c2coc3ccc(-c4cnn(C)c4)nc23)cc1Cl. The minimum Gasteiger partial charge on any atom is -0.495 e. The molecule has 4 aromatic rings. The molecule has 6 heteroatoms. The highest BCUT2D eigenvalue weighted by Crippen LogP contribution is 2.35. The van der Waals surface area contributed by atoms with Gasteiger partial charge in [0.05, 0.1) is 24.0 Å². The average molecular weight is 340 g/mol. The number of aryl methyl sites for hydroxylation is 1. The summed E-state index contributed by atoms with van der Waals surface area (Å²) in [4.78, 5) is 4.75. The lowest BCUT2D eigenvalue weighted by Gasteiger charge is -2.05. The average Bonchev–Trinajstić information content (AvgIpc) is 3.20. The molecule has 120 valence electrons. The molecule has 4 rings (SSSR count). The van der Waals surface area contributed by atoms with Gasteiger partial charge >= 0.3 is 0 Å². The third-order valence-electron chi connectivity index (χ3n) is 3.88. The number of pyridine rings is 1. The first kappa shape index (κ1) is 14.8. The van der Waals surface area contributed by atoms with Gasteiger partial charge in [-0.15, -0.1) is 0 Å². The van der Waals surface area contributed by atoms with Crippen LogP contribution in [0.5, 0.6) is 5.75 Å². The third kappa shape index (κ3) is 2.43. The molecule has 5 nitrogen and oxygen atoms in total. The van der Waals surface area contributed by atoms with Crippen molar-refractivity contribution < 1.29 is 9.15 Å². The zero-order valence-electron chi connectivity index (χ0n) is 13.2. The first-order valence-corrected chi connectivity index (χ1v) is 7.74. The fourth-order valence-corrected chi connectivity index (χ4v) is 2.92. The topological polar surface area (TPSA) is 53.1 Å². The summed E-state index contributed by atoms with van der Waals surface area (Å²) in [6, 6.07) is 9.46. The van der Waals surface area contributed by atoms with Crippen LogP contribution in [-0.4, -0.2) is 21.9 Å². The van der Waals surface area contributed by atoms with E-state index >= 15 is 0 Å². The van der Waals surface area contributed by atoms with Crippen molar-refractivity contribution in [1.29, 1.82) is 0 Å². The summed E-state index contributed by atoms with van der Waals surface area (Å²) in [6.07, 6.45) is 5.42. The number of hydrogen-bond acceptors (Lipinski definition) is 4. The van der Waals surface area contributed by atoms with E-state index < -0.39 is 0 Å². The van der Waals surface area contributed by atoms with Crippen LogP contribution in [0.1, 0.15) is 0 Å². The maximum absolute atomic E-state index is 6.24. The van der Waals surface area contributed by atoms with Crippen molar-refractivity contribution >= 4 is 22.7 Å². The van der Waals surface area contributed by atoms with Gasteiger partial charge in [-0.2, -0.15) is 5.10 Å². The number of furan rings is 1. The largest absolute Gasteiger partial charge is 0.495 e. The lowest BCUT2D eigenvalue weighted by Crippen LogP contribution is -1.87. The van der Waals surface area contributed by atoms with E-state index in [1.54, 1.807) is 24.3 Å². The molecule has 0 aliphatic carbocycles. The van der Waals surface area contributed by atoms with Gasteiger partial charge in [-0.1, -0.05) is 17.7 Å². The molecule has 3 heterocycles. The highest BCUT2D eigenvalue weighted by Gasteiger charge is 2.13. The minimum atomic E-state index is 0.549. The van der Waals surface area contributed by atoms with Crippen LogP contribution >= 0.6 is 11.6 Å². The molecule has 0 N–H and O–H groups in total. The molecule has 0 spiro atoms. The Morgan fingerprint density at radius 3 is 2.75 bits per heavy atom. The summed E-state index contributed by atoms with van der Waals surface area (Å²) in [5.74, 6) is 0.636. The van der Waals surface area contributed by atoms with E-state index in [-0.39, 0.29) is 0 Å². The number of rotatable bonds is 3. The molecule has 0 unspecified atom stereocenters. The van der Waals surface area contributed by atoms with Gasteiger partial charge < -0.3 is 9.15 Å². The predicted molar refractivity (Wildman–Crippen MR) is 93.2 cm³/mol. The van der Waals surface area contributed by atoms with Crippen LogP contribution < -0.4 is 4.74 Å². The number of aromatic nitrogens is 3. The molecule has 1 aromatic carbocycles. The smallest absolute Gasteiger partial charge is 0.153 e. The molecule has 0 aliphatic rings. The van der Waals surface area contributed by atoms with Gasteiger partial charge in [0.15, 0.2) is 5.58 Å². The monoisotopic (exact) mass is 339 g/mol. The van der Waals surface area contributed by atoms with Crippen LogP contribution in [0.4, 0.5) is 0 Å². The van der Waals surface area contributed by atoms with Gasteiger partial charge in [0.25, 0.3) is 0 Å². The van der Waals surface area contributed by atoms with E-state index in [1.807, 2.05) is 43.6 Å². The van der Waals surface area contributed by atoms with E-state index in [9.17, 15) is 0 Å². The van der Waals surface area contributed by atoms with Crippen LogP contribution in [0.15, 0.2) is 53.4 Å². The van der Waals surface area contributed by atoms with Gasteiger partial charge in [0.1, 0.15) is 17.5 Å². The summed E-state index contributed by atoms with van der Waals surface area (Å²) in [5, 5.41) is 4.74. The fraction of sp³-hybridized carbons (Fsp3) is 0.111. The number of methoxy groups -OCH3 is 1. The standard InChI is InChI=1S/C18H14ClN3O2/c1-22-9-12(8-20-22)15-4-6-17-18(21-15)13(10-24-17)11-3-5-16(23-2)14(19)7-11/h3-10H,1-2H3. The normalized spacial score (nSPS) is 11.1. The summed E-state index contributed by atoms with van der Waals surface area (Å²) in [5.41, 5.74) is 5.13. The van der Waals surface area contributed by atoms with Crippen molar-refractivity contribution in [3.05, 3.63) is 54.0 Å². The number of benzene rings is 1. The van der Waals surface area contributed by atoms with Crippen molar-refractivity contribution in [2.75, 3.05) is 7.11 Å². The molecule has 0 radical (unpaired) electrons. The van der Waals surface area contributed by atoms with Gasteiger partial charge in [-0.05, 0) is 29.8 Å². The highest BCUT2D eigenvalue weighted by atomic mass is 35.5. The molecular weight excluding hydrogens is 326 g/mol. The Kier molecular flexibility index (Phi) is 3.50. The molecule has 3 aromatic heterocycles. The Morgan fingerprint density at radius 2 is 2.04 bits per heavy atom. The summed E-state index contributed by atoms with van der Waals surface area (Å²) < 4.78 is 12.6. The summed E-state index contributed by atoms with van der Waals surface area (Å²) >= 11 is 6.24. The van der Waals surface area contributed by atoms with Crippen LogP contribution in [0.25, 0.3) is 33.5 Å². The quantitative estimate of drug-likeness (QED) is 0.549. The van der Waals surface area contributed by atoms with Gasteiger partial charge in [0.2, 0.25) is 0 Å². The molecule has 0 saturated carbocycles. The van der Waals surface area contributed by atoms with Gasteiger partial charge in [0, 0.05) is 24.4 Å². The molecular formula is C18H14ClN3O2. The van der Waals surface area contributed by atoms with Crippen molar-refractivity contribution in [3.8, 4) is 28.1 Å². The Labute approximate surface area is 143 Å². The predicted octanol–water partition coefficient (Wildman–Crippen LogP) is 4.56. The Hall–Kier alpha value is -2.79. The first-order chi connectivity index (χ1) is 11.7. The second-order valence-corrected chi connectivity index (χ2v) is 5.85. The van der Waals surface area contributed by atoms with Crippen LogP contribution in [0, 0.1) is 0 Å². The fourth-order valence-electron chi connectivity index (χ4n) is 2.67. The van der Waals surface area contributed by atoms with Crippen LogP contribution in [0.2, 0.25) is 5.02 Å². The van der Waals surface area contributed by atoms with Crippen molar-refractivity contribution in [2.45, 2.75) is 0 Å². The number of ether oxygens (including phenoxy) is 1. The molecule has 0 bridgehead atoms. The Bertz CT molecular complexity index is 1040. The molecule has 24 heavy (non-hydrogen) atoms. The zero-order chi connectivity index (χ0) is 16.7. The molecule has 0 fully saturated rings. The molecule has 0 atom stereocenters. The first-order valence-electron chi connectivity index (χ1n) is 7.37. The minimum absolute atomic E-state index is 0.549. The number of hydrogen-bond donors (Lipinski definition) is 0. The number of fused-ring (bicyclic) bond motifs is 1. The van der Waals surface area contributed by atoms with Gasteiger partial charge in [-0.3, -0.25) is 4.68 Å². The van der Waals surface area contributed by atoms with Crippen LogP contribution in [-0.2, 0) is 7.05 Å². The number of halogens is 1. The summed E-state index contributed by atoms with van der Waals surface area (Å²) in [7, 11) is 3.47. The lowest BCUT2D eigenvalue weighted by molar-refractivity contribution is 0.415. The zero-order valence-corrected chi connectivity index (χ0v) is 13.9. The van der Waals surface area contributed by atoms with E-state index in [1.165, 1.54) is 0 Å². The highest BCUT2D eigenvalue weighted by molar-refractivity contribution is 6.32. The number of nitrogens with zero attached hydrogens (tertiary/aromatic N) is 3. The Morgan fingerprint density at radius 1 is 1.17 bits per heavy atom. The van der Waals surface area contributed by atoms with Crippen LogP contribution in [0.3, 0.4) is 0 Å². The lowest BCUT2D eigenvalue weighted by atomic mass is 10.1. The van der Waals surface area contributed by atoms with E-state index in [0.717, 1.165) is 33.5 Å². The maximum Gasteiger partial charge on any atom is 0.153 e. The summed E-state index contributed by atoms with van der Waals surface area (Å²) in [6.45, 7) is 0. The second kappa shape index (κ2) is 5.69. The van der Waals surface area contributed by atoms with E-state index in [2.05, 4.69) is 5.10 Å². The Balaban J connectivity index is 1.85. The van der Waals surface area contributed by atoms with E-state index in [0.29, 0.717) is 10.8 Å². The maximum atomic E-state index is 6.24. The van der Waals surface area contributed by atoms with Gasteiger partial charge in [-0.25, -0.2) is 4.98 Å². The second-order valence-electron chi connectivity index (χ2n) is 5.44. The third-order valence-corrected chi connectivity index (χ3v) is 4.18. The van der Waals surface area contributed by atoms with Crippen molar-refractivity contribution in [3.63, 3.8) is 0 Å². The molecule has 0 saturated heterocycles. The van der Waals surface area contributed by atoms with Crippen molar-refractivity contribution in [2.24, 2.45) is 7.05 Å². The molecule has 0 amide bonds. The van der Waals surface area contributed by atoms with Crippen molar-refractivity contribution in [1.82, 2.24) is 14.8 Å². The van der Waals surface area contributed by atoms with E-state index in [4.69, 9.17) is 25.7 Å².